The van der Waals surface area contributed by atoms with Gasteiger partial charge >= 0.3 is 0 Å². The van der Waals surface area contributed by atoms with Gasteiger partial charge in [0.1, 0.15) is 13.1 Å². The predicted molar refractivity (Wildman–Crippen MR) is 147 cm³/mol. The second kappa shape index (κ2) is 18.3. The molecule has 0 aliphatic rings. The number of hydrogen-bond donors (Lipinski definition) is 1. The van der Waals surface area contributed by atoms with Gasteiger partial charge in [0.2, 0.25) is 0 Å². The highest BCUT2D eigenvalue weighted by Crippen LogP contribution is 2.11. The first-order valence-electron chi connectivity index (χ1n) is 11.1. The number of rotatable bonds is 9. The molecule has 0 saturated heterocycles. The molecule has 0 radical (unpaired) electrons. The molecule has 3 aromatic rings. The van der Waals surface area contributed by atoms with Crippen LogP contribution in [0.3, 0.4) is 0 Å². The summed E-state index contributed by atoms with van der Waals surface area (Å²) < 4.78 is 0.810. The van der Waals surface area contributed by atoms with Crippen LogP contribution in [-0.4, -0.2) is 36.3 Å². The van der Waals surface area contributed by atoms with E-state index in [1.165, 1.54) is 11.1 Å². The molecule has 0 aliphatic carbocycles. The van der Waals surface area contributed by atoms with Gasteiger partial charge in [-0.1, -0.05) is 129 Å². The van der Waals surface area contributed by atoms with Gasteiger partial charge in [-0.15, -0.1) is 0 Å². The Morgan fingerprint density at radius 1 is 0.706 bits per heavy atom. The van der Waals surface area contributed by atoms with E-state index in [0.29, 0.717) is 0 Å². The Balaban J connectivity index is 0.000000500. The highest BCUT2D eigenvalue weighted by Gasteiger charge is 2.19. The topological polar surface area (TPSA) is 20.2 Å². The van der Waals surface area contributed by atoms with Crippen molar-refractivity contribution in [2.45, 2.75) is 6.54 Å². The molecule has 0 heterocycles. The Bertz CT molecular complexity index is 942. The number of aliphatic hydroxyl groups is 1. The third-order valence-corrected chi connectivity index (χ3v) is 5.09. The summed E-state index contributed by atoms with van der Waals surface area (Å²) in [7, 11) is 2.14. The van der Waals surface area contributed by atoms with Crippen LogP contribution in [-0.2, 0) is 6.54 Å². The number of aliphatic hydroxyl groups excluding tert-OH is 1. The number of likely N-dealkylation sites (N-methyl/N-ethyl adjacent to an activating group) is 1. The van der Waals surface area contributed by atoms with Crippen LogP contribution in [0.5, 0.6) is 0 Å². The van der Waals surface area contributed by atoms with Crippen molar-refractivity contribution >= 4 is 18.2 Å². The Kier molecular flexibility index (Phi) is 16.6. The summed E-state index contributed by atoms with van der Waals surface area (Å²) in [5.41, 5.74) is 4.75. The van der Waals surface area contributed by atoms with Gasteiger partial charge in [0.15, 0.2) is 0 Å². The maximum absolute atomic E-state index is 9.06. The number of nitrogens with zero attached hydrogens (tertiary/aromatic N) is 1. The van der Waals surface area contributed by atoms with Gasteiger partial charge in [0.25, 0.3) is 0 Å². The molecule has 180 valence electrons. The fourth-order valence-electron chi connectivity index (χ4n) is 3.28. The first kappa shape index (κ1) is 30.8. The number of benzene rings is 3. The first-order valence-corrected chi connectivity index (χ1v) is 11.1. The fraction of sp³-hybridized carbons (Fsp3) is 0.161. The zero-order chi connectivity index (χ0) is 24.4. The van der Waals surface area contributed by atoms with Gasteiger partial charge in [0, 0.05) is 5.56 Å². The maximum atomic E-state index is 9.06. The smallest absolute Gasteiger partial charge is 0.104 e. The average molecular weight is 476 g/mol. The van der Waals surface area contributed by atoms with E-state index in [1.54, 1.807) is 0 Å². The lowest BCUT2D eigenvalue weighted by Crippen LogP contribution is -3.00. The number of hydrogen-bond acceptors (Lipinski definition) is 1. The van der Waals surface area contributed by atoms with Crippen molar-refractivity contribution in [1.82, 2.24) is 0 Å². The third-order valence-electron chi connectivity index (χ3n) is 5.09. The molecule has 1 atom stereocenters. The van der Waals surface area contributed by atoms with E-state index in [1.807, 2.05) is 97.1 Å². The van der Waals surface area contributed by atoms with Crippen molar-refractivity contribution < 1.29 is 22.0 Å². The van der Waals surface area contributed by atoms with Crippen LogP contribution < -0.4 is 12.4 Å². The molecule has 34 heavy (non-hydrogen) atoms. The van der Waals surface area contributed by atoms with Gasteiger partial charge in [0.05, 0.1) is 20.2 Å². The van der Waals surface area contributed by atoms with Crippen molar-refractivity contribution in [3.05, 3.63) is 140 Å². The van der Waals surface area contributed by atoms with Crippen LogP contribution in [0.15, 0.2) is 117 Å². The summed E-state index contributed by atoms with van der Waals surface area (Å²) in [4.78, 5) is 0. The first-order chi connectivity index (χ1) is 16.0. The summed E-state index contributed by atoms with van der Waals surface area (Å²) in [6, 6.07) is 28.4. The van der Waals surface area contributed by atoms with E-state index in [2.05, 4.69) is 45.5 Å². The predicted octanol–water partition coefficient (Wildman–Crippen LogP) is 4.12. The molecule has 0 spiro atoms. The minimum Gasteiger partial charge on any atom is -1.00 e. The van der Waals surface area contributed by atoms with E-state index in [4.69, 9.17) is 5.11 Å². The van der Waals surface area contributed by atoms with Crippen LogP contribution in [0.25, 0.3) is 18.2 Å². The van der Waals surface area contributed by atoms with Crippen LogP contribution >= 0.6 is 0 Å². The molecule has 0 saturated carbocycles. The molecule has 2 nitrogen and oxygen atoms in total. The van der Waals surface area contributed by atoms with Crippen molar-refractivity contribution in [1.29, 1.82) is 0 Å². The second-order valence-electron chi connectivity index (χ2n) is 7.83. The number of quaternary nitrogens is 1. The van der Waals surface area contributed by atoms with Crippen molar-refractivity contribution in [3.63, 3.8) is 0 Å². The SMILES string of the molecule is C=CC[N+](C)(CCO)Cc1ccccc1.C=Cc1ccccc1.C=Cc1ccccc1C=C.[Cl-]. The monoisotopic (exact) mass is 475 g/mol. The Morgan fingerprint density at radius 2 is 1.18 bits per heavy atom. The molecular weight excluding hydrogens is 438 g/mol. The maximum Gasteiger partial charge on any atom is 0.104 e. The molecule has 3 aromatic carbocycles. The van der Waals surface area contributed by atoms with E-state index in [-0.39, 0.29) is 19.0 Å². The van der Waals surface area contributed by atoms with Gasteiger partial charge in [-0.2, -0.15) is 0 Å². The minimum absolute atomic E-state index is 0. The summed E-state index contributed by atoms with van der Waals surface area (Å²) in [5.74, 6) is 0. The zero-order valence-electron chi connectivity index (χ0n) is 20.3. The molecule has 1 N–H and O–H groups in total. The molecule has 3 rings (SSSR count). The van der Waals surface area contributed by atoms with E-state index in [9.17, 15) is 0 Å². The molecule has 1 unspecified atom stereocenters. The van der Waals surface area contributed by atoms with E-state index in [0.717, 1.165) is 35.2 Å². The number of halogens is 1. The standard InChI is InChI=1S/C13H20NO.C10H10.C8H8.ClH/c1-3-9-14(2,10-11-15)12-13-7-5-4-6-8-13;1-3-9-7-5-6-8-10(9)4-2;1-2-8-6-4-3-5-7-8;/h3-8,15H,1,9-12H2,2H3;3-8H,1-2H2;2-7H,1H2;1H/q+1;;;/p-1. The molecule has 0 aliphatic heterocycles. The lowest BCUT2D eigenvalue weighted by atomic mass is 10.1. The summed E-state index contributed by atoms with van der Waals surface area (Å²) in [5, 5.41) is 9.06. The molecule has 3 heteroatoms. The van der Waals surface area contributed by atoms with E-state index < -0.39 is 0 Å². The Hall–Kier alpha value is -3.17. The molecule has 0 fully saturated rings. The molecular formula is C31H38ClNO. The highest BCUT2D eigenvalue weighted by molar-refractivity contribution is 5.63. The fourth-order valence-corrected chi connectivity index (χ4v) is 3.28. The highest BCUT2D eigenvalue weighted by atomic mass is 35.5. The average Bonchev–Trinajstić information content (AvgIpc) is 2.86. The Morgan fingerprint density at radius 3 is 1.56 bits per heavy atom. The normalized spacial score (nSPS) is 11.0. The molecule has 0 amide bonds. The van der Waals surface area contributed by atoms with Crippen LogP contribution in [0.4, 0.5) is 0 Å². The lowest BCUT2D eigenvalue weighted by Gasteiger charge is -2.33. The summed E-state index contributed by atoms with van der Waals surface area (Å²) in [6.45, 7) is 17.6. The second-order valence-corrected chi connectivity index (χ2v) is 7.83. The molecule has 0 aromatic heterocycles. The van der Waals surface area contributed by atoms with Gasteiger partial charge in [-0.05, 0) is 22.8 Å². The van der Waals surface area contributed by atoms with Crippen LogP contribution in [0.1, 0.15) is 22.3 Å². The van der Waals surface area contributed by atoms with E-state index >= 15 is 0 Å². The molecule has 0 bridgehead atoms. The zero-order valence-corrected chi connectivity index (χ0v) is 21.1. The quantitative estimate of drug-likeness (QED) is 0.364. The third kappa shape index (κ3) is 12.2. The van der Waals surface area contributed by atoms with Crippen LogP contribution in [0, 0.1) is 0 Å². The Labute approximate surface area is 212 Å². The van der Waals surface area contributed by atoms with Gasteiger partial charge in [-0.3, -0.25) is 0 Å². The largest absolute Gasteiger partial charge is 1.00 e. The minimum atomic E-state index is 0. The van der Waals surface area contributed by atoms with Crippen molar-refractivity contribution in [2.75, 3.05) is 26.7 Å². The summed E-state index contributed by atoms with van der Waals surface area (Å²) in [6.07, 6.45) is 7.41. The van der Waals surface area contributed by atoms with Crippen LogP contribution in [0.2, 0.25) is 0 Å². The van der Waals surface area contributed by atoms with Gasteiger partial charge in [-0.25, -0.2) is 0 Å². The van der Waals surface area contributed by atoms with Crippen molar-refractivity contribution in [2.24, 2.45) is 0 Å². The van der Waals surface area contributed by atoms with Gasteiger partial charge < -0.3 is 22.0 Å². The van der Waals surface area contributed by atoms with Crippen molar-refractivity contribution in [3.8, 4) is 0 Å². The summed E-state index contributed by atoms with van der Waals surface area (Å²) >= 11 is 0. The lowest BCUT2D eigenvalue weighted by molar-refractivity contribution is -0.917.